The third-order valence-corrected chi connectivity index (χ3v) is 7.66. The van der Waals surface area contributed by atoms with Gasteiger partial charge < -0.3 is 38.5 Å². The van der Waals surface area contributed by atoms with Crippen LogP contribution in [0.15, 0.2) is 79.3 Å². The lowest BCUT2D eigenvalue weighted by atomic mass is 9.85. The number of benzene rings is 3. The fourth-order valence-electron chi connectivity index (χ4n) is 5.42. The molecular formula is C32H27NO10. The van der Waals surface area contributed by atoms with Crippen LogP contribution >= 0.6 is 0 Å². The van der Waals surface area contributed by atoms with E-state index in [1.165, 1.54) is 19.4 Å². The Morgan fingerprint density at radius 2 is 1.72 bits per heavy atom. The number of morpholine rings is 1. The van der Waals surface area contributed by atoms with E-state index in [-0.39, 0.29) is 45.8 Å². The molecule has 0 saturated carbocycles. The normalized spacial score (nSPS) is 14.2. The Bertz CT molecular complexity index is 1970. The number of ether oxygens (including phenoxy) is 2. The molecule has 3 N–H and O–H groups in total. The van der Waals surface area contributed by atoms with Crippen LogP contribution in [0.1, 0.15) is 23.5 Å². The molecule has 1 fully saturated rings. The monoisotopic (exact) mass is 585 g/mol. The number of hydrogen-bond donors (Lipinski definition) is 3. The molecule has 2 aromatic heterocycles. The largest absolute Gasteiger partial charge is 0.504 e. The highest BCUT2D eigenvalue weighted by atomic mass is 16.5. The van der Waals surface area contributed by atoms with Crippen LogP contribution in [-0.4, -0.2) is 59.5 Å². The van der Waals surface area contributed by atoms with Gasteiger partial charge in [0, 0.05) is 48.2 Å². The third-order valence-electron chi connectivity index (χ3n) is 7.66. The van der Waals surface area contributed by atoms with E-state index in [9.17, 15) is 29.7 Å². The molecular weight excluding hydrogens is 558 g/mol. The van der Waals surface area contributed by atoms with Gasteiger partial charge in [0.05, 0.1) is 32.0 Å². The molecule has 0 radical (unpaired) electrons. The van der Waals surface area contributed by atoms with Crippen molar-refractivity contribution in [2.75, 3.05) is 33.4 Å². The van der Waals surface area contributed by atoms with E-state index < -0.39 is 39.4 Å². The average Bonchev–Trinajstić information content (AvgIpc) is 3.04. The van der Waals surface area contributed by atoms with Crippen LogP contribution in [0.5, 0.6) is 23.0 Å². The maximum atomic E-state index is 14.0. The highest BCUT2D eigenvalue weighted by molar-refractivity contribution is 5.94. The Kier molecular flexibility index (Phi) is 7.24. The molecule has 3 aromatic carbocycles. The fraction of sp³-hybridized carbons (Fsp3) is 0.219. The first-order valence-corrected chi connectivity index (χ1v) is 13.5. The van der Waals surface area contributed by atoms with Crippen molar-refractivity contribution in [3.63, 3.8) is 0 Å². The lowest BCUT2D eigenvalue weighted by Crippen LogP contribution is -2.41. The molecule has 0 aliphatic carbocycles. The van der Waals surface area contributed by atoms with Crippen LogP contribution in [0.4, 0.5) is 0 Å². The standard InChI is InChI=1S/C32H27NO10/c1-40-18-7-8-23-20(13-18)28(36)21(16-42-23)19(14-25(35)33-9-11-41-12-10-33)26-29(37)31(39)30(38)27-22(34)15-24(43-32(26)27)17-5-3-2-4-6-17/h2-8,13,15-16,19,37-39H,9-12,14H2,1H3/t19-/m0/s1. The van der Waals surface area contributed by atoms with Crippen molar-refractivity contribution in [1.82, 2.24) is 4.90 Å². The van der Waals surface area contributed by atoms with Gasteiger partial charge in [-0.25, -0.2) is 0 Å². The van der Waals surface area contributed by atoms with Gasteiger partial charge in [-0.1, -0.05) is 30.3 Å². The number of carbonyl (C=O) groups is 1. The number of carbonyl (C=O) groups excluding carboxylic acids is 1. The number of methoxy groups -OCH3 is 1. The quantitative estimate of drug-likeness (QED) is 0.248. The van der Waals surface area contributed by atoms with Crippen molar-refractivity contribution in [3.05, 3.63) is 92.4 Å². The molecule has 11 nitrogen and oxygen atoms in total. The predicted molar refractivity (Wildman–Crippen MR) is 156 cm³/mol. The van der Waals surface area contributed by atoms with Crippen molar-refractivity contribution in [3.8, 4) is 34.3 Å². The third kappa shape index (κ3) is 4.93. The first-order chi connectivity index (χ1) is 20.8. The topological polar surface area (TPSA) is 160 Å². The maximum Gasteiger partial charge on any atom is 0.223 e. The first-order valence-electron chi connectivity index (χ1n) is 13.5. The summed E-state index contributed by atoms with van der Waals surface area (Å²) < 4.78 is 22.6. The Morgan fingerprint density at radius 3 is 2.44 bits per heavy atom. The van der Waals surface area contributed by atoms with E-state index in [1.54, 1.807) is 47.4 Å². The molecule has 5 aromatic rings. The lowest BCUT2D eigenvalue weighted by molar-refractivity contribution is -0.135. The van der Waals surface area contributed by atoms with Crippen LogP contribution in [0.3, 0.4) is 0 Å². The number of aromatic hydroxyl groups is 3. The molecule has 0 bridgehead atoms. The Balaban J connectivity index is 1.65. The lowest BCUT2D eigenvalue weighted by Gasteiger charge is -2.29. The Morgan fingerprint density at radius 1 is 0.977 bits per heavy atom. The summed E-state index contributed by atoms with van der Waals surface area (Å²) in [5.41, 5.74) is -1.01. The second-order valence-corrected chi connectivity index (χ2v) is 10.1. The summed E-state index contributed by atoms with van der Waals surface area (Å²) in [7, 11) is 1.45. The van der Waals surface area contributed by atoms with E-state index in [0.29, 0.717) is 37.6 Å². The van der Waals surface area contributed by atoms with Gasteiger partial charge in [-0.3, -0.25) is 14.4 Å². The van der Waals surface area contributed by atoms with Crippen molar-refractivity contribution in [1.29, 1.82) is 0 Å². The van der Waals surface area contributed by atoms with Gasteiger partial charge in [-0.2, -0.15) is 0 Å². The molecule has 1 saturated heterocycles. The van der Waals surface area contributed by atoms with Crippen LogP contribution in [0.25, 0.3) is 33.3 Å². The van der Waals surface area contributed by atoms with E-state index >= 15 is 0 Å². The maximum absolute atomic E-state index is 14.0. The zero-order chi connectivity index (χ0) is 30.2. The van der Waals surface area contributed by atoms with Crippen molar-refractivity contribution < 1.29 is 38.4 Å². The van der Waals surface area contributed by atoms with Gasteiger partial charge in [-0.05, 0) is 18.2 Å². The van der Waals surface area contributed by atoms with Gasteiger partial charge in [0.15, 0.2) is 22.4 Å². The molecule has 6 rings (SSSR count). The summed E-state index contributed by atoms with van der Waals surface area (Å²) >= 11 is 0. The minimum Gasteiger partial charge on any atom is -0.504 e. The molecule has 0 unspecified atom stereocenters. The molecule has 1 atom stereocenters. The zero-order valence-corrected chi connectivity index (χ0v) is 23.0. The number of rotatable bonds is 6. The fourth-order valence-corrected chi connectivity index (χ4v) is 5.42. The molecule has 0 spiro atoms. The zero-order valence-electron chi connectivity index (χ0n) is 23.0. The van der Waals surface area contributed by atoms with Crippen molar-refractivity contribution in [2.45, 2.75) is 12.3 Å². The second-order valence-electron chi connectivity index (χ2n) is 10.1. The van der Waals surface area contributed by atoms with Gasteiger partial charge in [-0.15, -0.1) is 0 Å². The summed E-state index contributed by atoms with van der Waals surface area (Å²) in [4.78, 5) is 42.5. The van der Waals surface area contributed by atoms with Gasteiger partial charge in [0.25, 0.3) is 0 Å². The number of phenols is 3. The van der Waals surface area contributed by atoms with Crippen LogP contribution in [0, 0.1) is 0 Å². The van der Waals surface area contributed by atoms with Crippen molar-refractivity contribution >= 4 is 27.8 Å². The smallest absolute Gasteiger partial charge is 0.223 e. The summed E-state index contributed by atoms with van der Waals surface area (Å²) in [5.74, 6) is -3.87. The molecule has 11 heteroatoms. The summed E-state index contributed by atoms with van der Waals surface area (Å²) in [6, 6.07) is 14.5. The average molecular weight is 586 g/mol. The molecule has 43 heavy (non-hydrogen) atoms. The summed E-state index contributed by atoms with van der Waals surface area (Å²) in [5, 5.41) is 32.6. The number of amides is 1. The second kappa shape index (κ2) is 11.2. The molecule has 220 valence electrons. The minimum atomic E-state index is -1.27. The summed E-state index contributed by atoms with van der Waals surface area (Å²) in [6.45, 7) is 1.29. The van der Waals surface area contributed by atoms with Gasteiger partial charge >= 0.3 is 0 Å². The number of phenolic OH excluding ortho intramolecular Hbond substituents is 3. The van der Waals surface area contributed by atoms with Gasteiger partial charge in [0.1, 0.15) is 28.1 Å². The van der Waals surface area contributed by atoms with Gasteiger partial charge in [0.2, 0.25) is 11.7 Å². The van der Waals surface area contributed by atoms with Crippen LogP contribution < -0.4 is 15.6 Å². The first kappa shape index (κ1) is 27.9. The number of nitrogens with zero attached hydrogens (tertiary/aromatic N) is 1. The SMILES string of the molecule is COc1ccc2occ([C@H](CC(=O)N3CCOCC3)c3c(O)c(O)c(O)c4c(=O)cc(-c5ccccc5)oc34)c(=O)c2c1. The highest BCUT2D eigenvalue weighted by Crippen LogP contribution is 2.49. The highest BCUT2D eigenvalue weighted by Gasteiger charge is 2.34. The minimum absolute atomic E-state index is 0.0446. The van der Waals surface area contributed by atoms with E-state index in [4.69, 9.17) is 18.3 Å². The van der Waals surface area contributed by atoms with E-state index in [1.807, 2.05) is 0 Å². The molecule has 3 heterocycles. The van der Waals surface area contributed by atoms with Crippen LogP contribution in [-0.2, 0) is 9.53 Å². The van der Waals surface area contributed by atoms with E-state index in [2.05, 4.69) is 0 Å². The number of hydrogen-bond acceptors (Lipinski definition) is 10. The summed E-state index contributed by atoms with van der Waals surface area (Å²) in [6.07, 6.45) is 0.815. The van der Waals surface area contributed by atoms with Crippen molar-refractivity contribution in [2.24, 2.45) is 0 Å². The number of fused-ring (bicyclic) bond motifs is 2. The predicted octanol–water partition coefficient (Wildman–Crippen LogP) is 4.07. The molecule has 1 aliphatic rings. The Hall–Kier alpha value is -5.29. The van der Waals surface area contributed by atoms with E-state index in [0.717, 1.165) is 6.07 Å². The molecule has 1 aliphatic heterocycles. The Labute approximate surface area is 243 Å². The van der Waals surface area contributed by atoms with Crippen LogP contribution in [0.2, 0.25) is 0 Å². The molecule has 1 amide bonds.